The Labute approximate surface area is 136 Å². The number of hydrogen-bond donors (Lipinski definition) is 3. The summed E-state index contributed by atoms with van der Waals surface area (Å²) in [6.45, 7) is 5.79. The van der Waals surface area contributed by atoms with Gasteiger partial charge in [0.15, 0.2) is 0 Å². The van der Waals surface area contributed by atoms with E-state index in [0.717, 1.165) is 12.8 Å². The maximum atomic E-state index is 12.1. The van der Waals surface area contributed by atoms with E-state index in [2.05, 4.69) is 10.6 Å². The first-order chi connectivity index (χ1) is 10.9. The van der Waals surface area contributed by atoms with Crippen LogP contribution in [0.4, 0.5) is 4.79 Å². The van der Waals surface area contributed by atoms with Crippen molar-refractivity contribution in [1.29, 1.82) is 0 Å². The number of carbonyl (C=O) groups is 3. The Morgan fingerprint density at radius 3 is 2.70 bits per heavy atom. The van der Waals surface area contributed by atoms with Gasteiger partial charge < -0.3 is 25.4 Å². The SMILES string of the molecule is CC(C)CNC(=O)N1CCCC(C(=O)NCCOCC(=O)O)C1. The first-order valence-corrected chi connectivity index (χ1v) is 8.00. The molecule has 8 nitrogen and oxygen atoms in total. The van der Waals surface area contributed by atoms with Crippen molar-refractivity contribution in [3.05, 3.63) is 0 Å². The third-order valence-corrected chi connectivity index (χ3v) is 3.51. The smallest absolute Gasteiger partial charge is 0.329 e. The summed E-state index contributed by atoms with van der Waals surface area (Å²) < 4.78 is 4.86. The number of nitrogens with one attached hydrogen (secondary N) is 2. The highest BCUT2D eigenvalue weighted by Crippen LogP contribution is 2.16. The fourth-order valence-electron chi connectivity index (χ4n) is 2.33. The molecule has 1 aliphatic heterocycles. The Bertz CT molecular complexity index is 414. The van der Waals surface area contributed by atoms with E-state index in [1.807, 2.05) is 13.8 Å². The van der Waals surface area contributed by atoms with E-state index in [1.165, 1.54) is 0 Å². The summed E-state index contributed by atoms with van der Waals surface area (Å²) in [6, 6.07) is -0.124. The van der Waals surface area contributed by atoms with Crippen molar-refractivity contribution in [3.8, 4) is 0 Å². The second kappa shape index (κ2) is 10.0. The molecule has 0 aliphatic carbocycles. The number of carboxylic acids is 1. The minimum absolute atomic E-state index is 0.120. The molecular weight excluding hydrogens is 302 g/mol. The minimum atomic E-state index is -1.04. The molecule has 0 spiro atoms. The molecule has 23 heavy (non-hydrogen) atoms. The summed E-state index contributed by atoms with van der Waals surface area (Å²) >= 11 is 0. The van der Waals surface area contributed by atoms with Gasteiger partial charge in [-0.1, -0.05) is 13.8 Å². The van der Waals surface area contributed by atoms with Crippen LogP contribution >= 0.6 is 0 Å². The molecule has 1 heterocycles. The first-order valence-electron chi connectivity index (χ1n) is 8.00. The Morgan fingerprint density at radius 1 is 1.30 bits per heavy atom. The quantitative estimate of drug-likeness (QED) is 0.554. The van der Waals surface area contributed by atoms with Crippen molar-refractivity contribution < 1.29 is 24.2 Å². The Kier molecular flexibility index (Phi) is 8.39. The number of hydrogen-bond acceptors (Lipinski definition) is 4. The van der Waals surface area contributed by atoms with Gasteiger partial charge in [0.1, 0.15) is 6.61 Å². The third-order valence-electron chi connectivity index (χ3n) is 3.51. The number of amides is 3. The predicted molar refractivity (Wildman–Crippen MR) is 84.0 cm³/mol. The number of aliphatic carboxylic acids is 1. The molecule has 0 saturated carbocycles. The topological polar surface area (TPSA) is 108 Å². The molecule has 1 unspecified atom stereocenters. The lowest BCUT2D eigenvalue weighted by Crippen LogP contribution is -2.49. The molecule has 0 bridgehead atoms. The number of ether oxygens (including phenoxy) is 1. The van der Waals surface area contributed by atoms with E-state index in [4.69, 9.17) is 9.84 Å². The lowest BCUT2D eigenvalue weighted by atomic mass is 9.97. The zero-order valence-electron chi connectivity index (χ0n) is 13.8. The molecule has 0 aromatic carbocycles. The van der Waals surface area contributed by atoms with Gasteiger partial charge in [0.2, 0.25) is 5.91 Å². The summed E-state index contributed by atoms with van der Waals surface area (Å²) in [6.07, 6.45) is 1.54. The molecule has 8 heteroatoms. The maximum absolute atomic E-state index is 12.1. The predicted octanol–water partition coefficient (Wildman–Crippen LogP) is 0.281. The Balaban J connectivity index is 2.29. The summed E-state index contributed by atoms with van der Waals surface area (Å²) in [7, 11) is 0. The fraction of sp³-hybridized carbons (Fsp3) is 0.800. The molecule has 1 rings (SSSR count). The maximum Gasteiger partial charge on any atom is 0.329 e. The summed E-state index contributed by atoms with van der Waals surface area (Å²) in [5, 5.41) is 14.0. The highest BCUT2D eigenvalue weighted by atomic mass is 16.5. The van der Waals surface area contributed by atoms with E-state index >= 15 is 0 Å². The molecular formula is C15H27N3O5. The highest BCUT2D eigenvalue weighted by molar-refractivity contribution is 5.80. The average Bonchev–Trinajstić information content (AvgIpc) is 2.51. The van der Waals surface area contributed by atoms with Gasteiger partial charge in [-0.3, -0.25) is 4.79 Å². The van der Waals surface area contributed by atoms with Crippen LogP contribution in [0.3, 0.4) is 0 Å². The van der Waals surface area contributed by atoms with Crippen molar-refractivity contribution in [2.24, 2.45) is 11.8 Å². The van der Waals surface area contributed by atoms with Gasteiger partial charge in [0.05, 0.1) is 12.5 Å². The van der Waals surface area contributed by atoms with E-state index in [9.17, 15) is 14.4 Å². The van der Waals surface area contributed by atoms with Gasteiger partial charge in [-0.25, -0.2) is 9.59 Å². The molecule has 0 aromatic rings. The molecule has 1 fully saturated rings. The van der Waals surface area contributed by atoms with Gasteiger partial charge in [-0.2, -0.15) is 0 Å². The van der Waals surface area contributed by atoms with Crippen molar-refractivity contribution in [2.75, 3.05) is 39.4 Å². The number of likely N-dealkylation sites (tertiary alicyclic amines) is 1. The van der Waals surface area contributed by atoms with Crippen LogP contribution in [0.2, 0.25) is 0 Å². The van der Waals surface area contributed by atoms with Crippen molar-refractivity contribution >= 4 is 17.9 Å². The van der Waals surface area contributed by atoms with Crippen molar-refractivity contribution in [2.45, 2.75) is 26.7 Å². The van der Waals surface area contributed by atoms with Crippen LogP contribution in [0, 0.1) is 11.8 Å². The second-order valence-electron chi connectivity index (χ2n) is 6.10. The van der Waals surface area contributed by atoms with Gasteiger partial charge in [-0.05, 0) is 18.8 Å². The minimum Gasteiger partial charge on any atom is -0.480 e. The number of nitrogens with zero attached hydrogens (tertiary/aromatic N) is 1. The molecule has 1 saturated heterocycles. The van der Waals surface area contributed by atoms with Crippen LogP contribution in [-0.4, -0.2) is 67.3 Å². The standard InChI is InChI=1S/C15H27N3O5/c1-11(2)8-17-15(22)18-6-3-4-12(9-18)14(21)16-5-7-23-10-13(19)20/h11-12H,3-10H2,1-2H3,(H,16,21)(H,17,22)(H,19,20). The van der Waals surface area contributed by atoms with Crippen molar-refractivity contribution in [3.63, 3.8) is 0 Å². The number of rotatable bonds is 8. The van der Waals surface area contributed by atoms with Crippen LogP contribution in [0.5, 0.6) is 0 Å². The van der Waals surface area contributed by atoms with Gasteiger partial charge >= 0.3 is 12.0 Å². The Morgan fingerprint density at radius 2 is 2.04 bits per heavy atom. The van der Waals surface area contributed by atoms with Crippen LogP contribution in [-0.2, 0) is 14.3 Å². The second-order valence-corrected chi connectivity index (χ2v) is 6.10. The number of urea groups is 1. The first kappa shape index (κ1) is 19.2. The monoisotopic (exact) mass is 329 g/mol. The molecule has 1 aliphatic rings. The highest BCUT2D eigenvalue weighted by Gasteiger charge is 2.28. The summed E-state index contributed by atoms with van der Waals surface area (Å²) in [4.78, 5) is 36.1. The molecule has 0 radical (unpaired) electrons. The van der Waals surface area contributed by atoms with Crippen LogP contribution in [0.15, 0.2) is 0 Å². The van der Waals surface area contributed by atoms with E-state index in [1.54, 1.807) is 4.90 Å². The van der Waals surface area contributed by atoms with Crippen molar-refractivity contribution in [1.82, 2.24) is 15.5 Å². The lowest BCUT2D eigenvalue weighted by molar-refractivity contribution is -0.142. The number of piperidine rings is 1. The lowest BCUT2D eigenvalue weighted by Gasteiger charge is -2.32. The molecule has 132 valence electrons. The van der Waals surface area contributed by atoms with Crippen LogP contribution in [0.1, 0.15) is 26.7 Å². The third kappa shape index (κ3) is 7.83. The average molecular weight is 329 g/mol. The summed E-state index contributed by atoms with van der Waals surface area (Å²) in [5.41, 5.74) is 0. The van der Waals surface area contributed by atoms with E-state index < -0.39 is 5.97 Å². The molecule has 3 N–H and O–H groups in total. The summed E-state index contributed by atoms with van der Waals surface area (Å²) in [5.74, 6) is -1.00. The molecule has 0 aromatic heterocycles. The zero-order chi connectivity index (χ0) is 17.2. The van der Waals surface area contributed by atoms with Crippen LogP contribution < -0.4 is 10.6 Å². The number of carboxylic acid groups (broad SMARTS) is 1. The fourth-order valence-corrected chi connectivity index (χ4v) is 2.33. The van der Waals surface area contributed by atoms with Gasteiger partial charge in [-0.15, -0.1) is 0 Å². The number of carbonyl (C=O) groups excluding carboxylic acids is 2. The van der Waals surface area contributed by atoms with E-state index in [-0.39, 0.29) is 37.6 Å². The molecule has 3 amide bonds. The Hall–Kier alpha value is -1.83. The van der Waals surface area contributed by atoms with Gasteiger partial charge in [0, 0.05) is 26.2 Å². The normalized spacial score (nSPS) is 17.9. The molecule has 1 atom stereocenters. The van der Waals surface area contributed by atoms with Crippen LogP contribution in [0.25, 0.3) is 0 Å². The zero-order valence-corrected chi connectivity index (χ0v) is 13.8. The van der Waals surface area contributed by atoms with E-state index in [0.29, 0.717) is 25.6 Å². The largest absolute Gasteiger partial charge is 0.480 e. The van der Waals surface area contributed by atoms with Gasteiger partial charge in [0.25, 0.3) is 0 Å².